The molecular weight excluding hydrogens is 351 g/mol. The van der Waals surface area contributed by atoms with Crippen molar-refractivity contribution in [3.05, 3.63) is 42.1 Å². The molecule has 6 heteroatoms. The number of aromatic nitrogens is 2. The van der Waals surface area contributed by atoms with Crippen molar-refractivity contribution in [2.45, 2.75) is 52.3 Å². The third-order valence-corrected chi connectivity index (χ3v) is 5.75. The minimum Gasteiger partial charge on any atom is -0.337 e. The maximum Gasteiger partial charge on any atom is 0.433 e. The minimum atomic E-state index is -4.50. The Morgan fingerprint density at radius 3 is 2.41 bits per heavy atom. The SMILES string of the molecule is CC1(C)C[C@H]2C[C@](C)(CN2c2nc(-c3ccccc3)cc(C(F)(F)F)n2)C1. The molecule has 2 aliphatic rings. The molecule has 1 aromatic heterocycles. The summed E-state index contributed by atoms with van der Waals surface area (Å²) in [6, 6.07) is 10.2. The molecule has 0 unspecified atom stereocenters. The molecular formula is C21H24F3N3. The predicted octanol–water partition coefficient (Wildman–Crippen LogP) is 5.57. The van der Waals surface area contributed by atoms with Crippen molar-refractivity contribution in [1.82, 2.24) is 9.97 Å². The summed E-state index contributed by atoms with van der Waals surface area (Å²) in [6.07, 6.45) is -1.50. The Hall–Kier alpha value is -2.11. The van der Waals surface area contributed by atoms with Crippen LogP contribution in [0.1, 0.15) is 45.7 Å². The number of nitrogens with zero attached hydrogens (tertiary/aromatic N) is 3. The van der Waals surface area contributed by atoms with E-state index in [0.29, 0.717) is 17.8 Å². The van der Waals surface area contributed by atoms with Crippen LogP contribution in [0.4, 0.5) is 19.1 Å². The molecule has 27 heavy (non-hydrogen) atoms. The van der Waals surface area contributed by atoms with Gasteiger partial charge < -0.3 is 4.90 Å². The molecule has 144 valence electrons. The van der Waals surface area contributed by atoms with Gasteiger partial charge in [-0.05, 0) is 36.2 Å². The number of benzene rings is 1. The molecule has 1 saturated heterocycles. The summed E-state index contributed by atoms with van der Waals surface area (Å²) in [6.45, 7) is 7.41. The van der Waals surface area contributed by atoms with E-state index in [1.54, 1.807) is 24.3 Å². The van der Waals surface area contributed by atoms with Crippen LogP contribution in [0.15, 0.2) is 36.4 Å². The maximum atomic E-state index is 13.5. The van der Waals surface area contributed by atoms with Gasteiger partial charge in [0.25, 0.3) is 0 Å². The lowest BCUT2D eigenvalue weighted by molar-refractivity contribution is -0.141. The van der Waals surface area contributed by atoms with E-state index in [2.05, 4.69) is 30.7 Å². The molecule has 1 saturated carbocycles. The highest BCUT2D eigenvalue weighted by atomic mass is 19.4. The fourth-order valence-corrected chi connectivity index (χ4v) is 5.16. The third-order valence-electron chi connectivity index (χ3n) is 5.75. The van der Waals surface area contributed by atoms with Crippen molar-refractivity contribution in [3.63, 3.8) is 0 Å². The summed E-state index contributed by atoms with van der Waals surface area (Å²) in [5.74, 6) is 0.204. The van der Waals surface area contributed by atoms with Crippen LogP contribution in [0.2, 0.25) is 0 Å². The first-order valence-corrected chi connectivity index (χ1v) is 9.33. The Morgan fingerprint density at radius 2 is 1.74 bits per heavy atom. The molecule has 2 heterocycles. The first-order chi connectivity index (χ1) is 12.5. The number of halogens is 3. The lowest BCUT2D eigenvalue weighted by atomic mass is 9.65. The van der Waals surface area contributed by atoms with Crippen LogP contribution in [0.5, 0.6) is 0 Å². The summed E-state index contributed by atoms with van der Waals surface area (Å²) in [5, 5.41) is 0. The molecule has 0 N–H and O–H groups in total. The third kappa shape index (κ3) is 3.54. The van der Waals surface area contributed by atoms with Gasteiger partial charge in [-0.25, -0.2) is 9.97 Å². The van der Waals surface area contributed by atoms with E-state index in [1.165, 1.54) is 0 Å². The zero-order valence-corrected chi connectivity index (χ0v) is 15.8. The van der Waals surface area contributed by atoms with E-state index >= 15 is 0 Å². The highest BCUT2D eigenvalue weighted by Crippen LogP contribution is 2.53. The van der Waals surface area contributed by atoms with Crippen LogP contribution in [-0.4, -0.2) is 22.6 Å². The number of rotatable bonds is 2. The van der Waals surface area contributed by atoms with Crippen LogP contribution < -0.4 is 4.90 Å². The first kappa shape index (κ1) is 18.3. The van der Waals surface area contributed by atoms with Gasteiger partial charge in [-0.1, -0.05) is 51.1 Å². The summed E-state index contributed by atoms with van der Waals surface area (Å²) >= 11 is 0. The van der Waals surface area contributed by atoms with Crippen molar-refractivity contribution < 1.29 is 13.2 Å². The number of alkyl halides is 3. The molecule has 1 aromatic carbocycles. The number of anilines is 1. The van der Waals surface area contributed by atoms with Gasteiger partial charge in [0.1, 0.15) is 0 Å². The van der Waals surface area contributed by atoms with Gasteiger partial charge in [0.15, 0.2) is 5.69 Å². The molecule has 1 aliphatic heterocycles. The topological polar surface area (TPSA) is 29.0 Å². The molecule has 2 bridgehead atoms. The monoisotopic (exact) mass is 375 g/mol. The Labute approximate surface area is 157 Å². The van der Waals surface area contributed by atoms with Gasteiger partial charge in [0.05, 0.1) is 5.69 Å². The van der Waals surface area contributed by atoms with Crippen molar-refractivity contribution in [2.75, 3.05) is 11.4 Å². The normalized spacial score (nSPS) is 27.0. The van der Waals surface area contributed by atoms with Gasteiger partial charge in [0.2, 0.25) is 5.95 Å². The largest absolute Gasteiger partial charge is 0.433 e. The second kappa shape index (κ2) is 5.94. The zero-order valence-electron chi connectivity index (χ0n) is 15.8. The molecule has 0 amide bonds. The van der Waals surface area contributed by atoms with Crippen molar-refractivity contribution >= 4 is 5.95 Å². The van der Waals surface area contributed by atoms with Crippen LogP contribution >= 0.6 is 0 Å². The lowest BCUT2D eigenvalue weighted by Crippen LogP contribution is -2.35. The molecule has 3 nitrogen and oxygen atoms in total. The zero-order chi connectivity index (χ0) is 19.4. The number of hydrogen-bond acceptors (Lipinski definition) is 3. The van der Waals surface area contributed by atoms with E-state index in [0.717, 1.165) is 25.3 Å². The highest BCUT2D eigenvalue weighted by Gasteiger charge is 2.50. The van der Waals surface area contributed by atoms with Gasteiger partial charge in [-0.2, -0.15) is 13.2 Å². The second-order valence-electron chi connectivity index (χ2n) is 9.14. The van der Waals surface area contributed by atoms with Crippen molar-refractivity contribution in [3.8, 4) is 11.3 Å². The van der Waals surface area contributed by atoms with Gasteiger partial charge in [-0.3, -0.25) is 0 Å². The molecule has 0 spiro atoms. The number of fused-ring (bicyclic) bond motifs is 2. The predicted molar refractivity (Wildman–Crippen MR) is 99.3 cm³/mol. The quantitative estimate of drug-likeness (QED) is 0.687. The summed E-state index contributed by atoms with van der Waals surface area (Å²) < 4.78 is 40.5. The second-order valence-corrected chi connectivity index (χ2v) is 9.14. The molecule has 4 rings (SSSR count). The van der Waals surface area contributed by atoms with E-state index < -0.39 is 11.9 Å². The van der Waals surface area contributed by atoms with Crippen LogP contribution in [-0.2, 0) is 6.18 Å². The van der Waals surface area contributed by atoms with E-state index in [9.17, 15) is 13.2 Å². The Bertz CT molecular complexity index is 847. The van der Waals surface area contributed by atoms with Gasteiger partial charge in [-0.15, -0.1) is 0 Å². The average Bonchev–Trinajstić information content (AvgIpc) is 2.83. The molecule has 2 atom stereocenters. The van der Waals surface area contributed by atoms with Crippen molar-refractivity contribution in [2.24, 2.45) is 10.8 Å². The highest BCUT2D eigenvalue weighted by molar-refractivity contribution is 5.61. The molecule has 2 fully saturated rings. The first-order valence-electron chi connectivity index (χ1n) is 9.33. The molecule has 2 aromatic rings. The minimum absolute atomic E-state index is 0.0942. The van der Waals surface area contributed by atoms with E-state index in [4.69, 9.17) is 0 Å². The smallest absolute Gasteiger partial charge is 0.337 e. The Balaban J connectivity index is 1.79. The van der Waals surface area contributed by atoms with E-state index in [1.807, 2.05) is 11.0 Å². The van der Waals surface area contributed by atoms with E-state index in [-0.39, 0.29) is 22.8 Å². The van der Waals surface area contributed by atoms with Crippen molar-refractivity contribution in [1.29, 1.82) is 0 Å². The van der Waals surface area contributed by atoms with Crippen LogP contribution in [0.25, 0.3) is 11.3 Å². The summed E-state index contributed by atoms with van der Waals surface area (Å²) in [4.78, 5) is 10.5. The van der Waals surface area contributed by atoms with Crippen LogP contribution in [0.3, 0.4) is 0 Å². The Kier molecular flexibility index (Phi) is 4.02. The van der Waals surface area contributed by atoms with Gasteiger partial charge in [0, 0.05) is 18.2 Å². The Morgan fingerprint density at radius 1 is 1.04 bits per heavy atom. The fraction of sp³-hybridized carbons (Fsp3) is 0.524. The number of hydrogen-bond donors (Lipinski definition) is 0. The summed E-state index contributed by atoms with van der Waals surface area (Å²) in [5.41, 5.74) is 0.379. The fourth-order valence-electron chi connectivity index (χ4n) is 5.16. The van der Waals surface area contributed by atoms with Crippen LogP contribution in [0, 0.1) is 10.8 Å². The molecule has 1 aliphatic carbocycles. The summed E-state index contributed by atoms with van der Waals surface area (Å²) in [7, 11) is 0. The standard InChI is InChI=1S/C21H24F3N3/c1-19(2)10-15-11-20(3,12-19)13-27(15)18-25-16(14-7-5-4-6-8-14)9-17(26-18)21(22,23)24/h4-9,15H,10-13H2,1-3H3/t15-,20-/m0/s1. The lowest BCUT2D eigenvalue weighted by Gasteiger charge is -2.39. The maximum absolute atomic E-state index is 13.5. The average molecular weight is 375 g/mol. The molecule has 0 radical (unpaired) electrons. The van der Waals surface area contributed by atoms with Gasteiger partial charge >= 0.3 is 6.18 Å².